The van der Waals surface area contributed by atoms with E-state index in [-0.39, 0.29) is 17.9 Å². The second-order valence-corrected chi connectivity index (χ2v) is 7.79. The highest BCUT2D eigenvalue weighted by Crippen LogP contribution is 2.40. The smallest absolute Gasteiger partial charge is 0.170 e. The van der Waals surface area contributed by atoms with Gasteiger partial charge in [0.25, 0.3) is 0 Å². The van der Waals surface area contributed by atoms with Gasteiger partial charge in [-0.15, -0.1) is 0 Å². The standard InChI is InChI=1S/C24H20FN5S/c25-18-7-3-8-19(14-18)29-13-5-10-21(29)23-22(20-9-1-2-12-27-20)28-24(31)30(23)16-17-6-4-11-26-15-17/h1-15,22-23H,16H2,(H,28,31)/t22-,23-/m1/s1. The first-order valence-corrected chi connectivity index (χ1v) is 10.4. The molecule has 154 valence electrons. The Bertz CT molecular complexity index is 1190. The van der Waals surface area contributed by atoms with Crippen LogP contribution in [-0.4, -0.2) is 24.5 Å². The van der Waals surface area contributed by atoms with Crippen LogP contribution in [0.25, 0.3) is 5.69 Å². The third-order valence-corrected chi connectivity index (χ3v) is 5.80. The number of nitrogens with zero attached hydrogens (tertiary/aromatic N) is 4. The fourth-order valence-electron chi connectivity index (χ4n) is 4.08. The highest BCUT2D eigenvalue weighted by molar-refractivity contribution is 7.80. The molecule has 0 amide bonds. The summed E-state index contributed by atoms with van der Waals surface area (Å²) in [5.74, 6) is -0.272. The van der Waals surface area contributed by atoms with E-state index in [1.54, 1.807) is 18.5 Å². The van der Waals surface area contributed by atoms with Crippen LogP contribution in [-0.2, 0) is 6.54 Å². The van der Waals surface area contributed by atoms with E-state index in [9.17, 15) is 4.39 Å². The van der Waals surface area contributed by atoms with Crippen molar-refractivity contribution in [2.24, 2.45) is 0 Å². The minimum atomic E-state index is -0.272. The van der Waals surface area contributed by atoms with Gasteiger partial charge in [-0.3, -0.25) is 9.97 Å². The molecule has 4 aromatic rings. The predicted molar refractivity (Wildman–Crippen MR) is 121 cm³/mol. The lowest BCUT2D eigenvalue weighted by Gasteiger charge is -2.29. The summed E-state index contributed by atoms with van der Waals surface area (Å²) in [6.07, 6.45) is 7.34. The maximum atomic E-state index is 14.0. The van der Waals surface area contributed by atoms with E-state index in [2.05, 4.69) is 26.3 Å². The Balaban J connectivity index is 1.61. The van der Waals surface area contributed by atoms with Gasteiger partial charge < -0.3 is 14.8 Å². The average Bonchev–Trinajstić information content (AvgIpc) is 3.40. The molecular weight excluding hydrogens is 409 g/mol. The molecular formula is C24H20FN5S. The molecule has 1 N–H and O–H groups in total. The summed E-state index contributed by atoms with van der Waals surface area (Å²) in [4.78, 5) is 11.0. The Morgan fingerprint density at radius 3 is 2.71 bits per heavy atom. The van der Waals surface area contributed by atoms with Crippen LogP contribution in [0.15, 0.2) is 91.5 Å². The van der Waals surface area contributed by atoms with Crippen molar-refractivity contribution in [2.45, 2.75) is 18.6 Å². The van der Waals surface area contributed by atoms with E-state index < -0.39 is 0 Å². The quantitative estimate of drug-likeness (QED) is 0.471. The molecule has 1 aliphatic heterocycles. The Labute approximate surface area is 185 Å². The van der Waals surface area contributed by atoms with Gasteiger partial charge >= 0.3 is 0 Å². The van der Waals surface area contributed by atoms with Crippen molar-refractivity contribution in [1.29, 1.82) is 0 Å². The summed E-state index contributed by atoms with van der Waals surface area (Å²) in [5, 5.41) is 4.11. The number of hydrogen-bond acceptors (Lipinski definition) is 3. The van der Waals surface area contributed by atoms with Crippen LogP contribution >= 0.6 is 12.2 Å². The van der Waals surface area contributed by atoms with Gasteiger partial charge in [0.05, 0.1) is 17.8 Å². The molecule has 0 aliphatic carbocycles. The van der Waals surface area contributed by atoms with E-state index in [4.69, 9.17) is 12.2 Å². The molecule has 5 rings (SSSR count). The summed E-state index contributed by atoms with van der Waals surface area (Å²) >= 11 is 5.75. The minimum Gasteiger partial charge on any atom is -0.352 e. The maximum absolute atomic E-state index is 14.0. The molecule has 3 aromatic heterocycles. The third-order valence-electron chi connectivity index (χ3n) is 5.44. The fourth-order valence-corrected chi connectivity index (χ4v) is 4.39. The Hall–Kier alpha value is -3.58. The van der Waals surface area contributed by atoms with E-state index in [1.807, 2.05) is 59.4 Å². The van der Waals surface area contributed by atoms with Gasteiger partial charge in [0.1, 0.15) is 5.82 Å². The second kappa shape index (κ2) is 8.28. The summed E-state index contributed by atoms with van der Waals surface area (Å²) in [5.41, 5.74) is 3.72. The van der Waals surface area contributed by atoms with Crippen molar-refractivity contribution in [3.8, 4) is 5.69 Å². The van der Waals surface area contributed by atoms with Gasteiger partial charge in [-0.05, 0) is 66.3 Å². The molecule has 1 saturated heterocycles. The number of pyridine rings is 2. The van der Waals surface area contributed by atoms with Crippen LogP contribution in [0.5, 0.6) is 0 Å². The zero-order chi connectivity index (χ0) is 21.2. The normalized spacial score (nSPS) is 18.2. The monoisotopic (exact) mass is 429 g/mol. The summed E-state index contributed by atoms with van der Waals surface area (Å²) in [6, 6.07) is 20.2. The molecule has 0 spiro atoms. The highest BCUT2D eigenvalue weighted by Gasteiger charge is 2.41. The first kappa shape index (κ1) is 19.4. The third kappa shape index (κ3) is 3.80. The molecule has 31 heavy (non-hydrogen) atoms. The lowest BCUT2D eigenvalue weighted by atomic mass is 10.0. The maximum Gasteiger partial charge on any atom is 0.170 e. The minimum absolute atomic E-state index is 0.138. The summed E-state index contributed by atoms with van der Waals surface area (Å²) in [7, 11) is 0. The summed E-state index contributed by atoms with van der Waals surface area (Å²) in [6.45, 7) is 0.599. The molecule has 1 aliphatic rings. The molecule has 0 saturated carbocycles. The van der Waals surface area contributed by atoms with Gasteiger partial charge in [0.15, 0.2) is 5.11 Å². The van der Waals surface area contributed by atoms with Crippen LogP contribution in [0.2, 0.25) is 0 Å². The average molecular weight is 430 g/mol. The van der Waals surface area contributed by atoms with Crippen LogP contribution < -0.4 is 5.32 Å². The number of aromatic nitrogens is 3. The van der Waals surface area contributed by atoms with Gasteiger partial charge in [-0.25, -0.2) is 4.39 Å². The van der Waals surface area contributed by atoms with Gasteiger partial charge in [0, 0.05) is 42.7 Å². The molecule has 1 aromatic carbocycles. The number of rotatable bonds is 5. The van der Waals surface area contributed by atoms with Crippen molar-refractivity contribution in [1.82, 2.24) is 24.8 Å². The molecule has 0 bridgehead atoms. The number of thiocarbonyl (C=S) groups is 1. The van der Waals surface area contributed by atoms with Crippen molar-refractivity contribution in [3.63, 3.8) is 0 Å². The zero-order valence-corrected chi connectivity index (χ0v) is 17.4. The molecule has 1 fully saturated rings. The van der Waals surface area contributed by atoms with Gasteiger partial charge in [0.2, 0.25) is 0 Å². The second-order valence-electron chi connectivity index (χ2n) is 7.40. The molecule has 4 heterocycles. The number of nitrogens with one attached hydrogen (secondary N) is 1. The first-order valence-electron chi connectivity index (χ1n) is 10.0. The van der Waals surface area contributed by atoms with E-state index in [1.165, 1.54) is 12.1 Å². The zero-order valence-electron chi connectivity index (χ0n) is 16.6. The van der Waals surface area contributed by atoms with Crippen molar-refractivity contribution in [2.75, 3.05) is 0 Å². The van der Waals surface area contributed by atoms with Crippen LogP contribution in [0.3, 0.4) is 0 Å². The van der Waals surface area contributed by atoms with Crippen molar-refractivity contribution in [3.05, 3.63) is 114 Å². The Kier molecular flexibility index (Phi) is 5.18. The number of halogens is 1. The Morgan fingerprint density at radius 2 is 1.94 bits per heavy atom. The molecule has 0 unspecified atom stereocenters. The molecule has 0 radical (unpaired) electrons. The van der Waals surface area contributed by atoms with Gasteiger partial charge in [-0.2, -0.15) is 0 Å². The number of benzene rings is 1. The SMILES string of the molecule is Fc1cccc(-n2cccc2[C@@H]2[C@@H](c3ccccn3)NC(=S)N2Cc2cccnc2)c1. The molecule has 2 atom stereocenters. The molecule has 7 heteroatoms. The summed E-state index contributed by atoms with van der Waals surface area (Å²) < 4.78 is 16.0. The number of hydrogen-bond donors (Lipinski definition) is 1. The predicted octanol–water partition coefficient (Wildman–Crippen LogP) is 4.58. The molecule has 5 nitrogen and oxygen atoms in total. The van der Waals surface area contributed by atoms with Crippen molar-refractivity contribution < 1.29 is 4.39 Å². The van der Waals surface area contributed by atoms with Crippen LogP contribution in [0.1, 0.15) is 29.0 Å². The van der Waals surface area contributed by atoms with E-state index in [0.29, 0.717) is 11.7 Å². The lowest BCUT2D eigenvalue weighted by molar-refractivity contribution is 0.302. The van der Waals surface area contributed by atoms with Gasteiger partial charge in [-0.1, -0.05) is 18.2 Å². The largest absolute Gasteiger partial charge is 0.352 e. The topological polar surface area (TPSA) is 46.0 Å². The fraction of sp³-hybridized carbons (Fsp3) is 0.125. The Morgan fingerprint density at radius 1 is 1.00 bits per heavy atom. The van der Waals surface area contributed by atoms with Crippen LogP contribution in [0.4, 0.5) is 4.39 Å². The lowest BCUT2D eigenvalue weighted by Crippen LogP contribution is -2.30. The van der Waals surface area contributed by atoms with E-state index in [0.717, 1.165) is 22.6 Å². The first-order chi connectivity index (χ1) is 15.2. The van der Waals surface area contributed by atoms with Crippen LogP contribution in [0, 0.1) is 5.82 Å². The van der Waals surface area contributed by atoms with Crippen molar-refractivity contribution >= 4 is 17.3 Å². The van der Waals surface area contributed by atoms with E-state index >= 15 is 0 Å². The highest BCUT2D eigenvalue weighted by atomic mass is 32.1.